The minimum absolute atomic E-state index is 0.0114. The van der Waals surface area contributed by atoms with Crippen molar-refractivity contribution in [2.75, 3.05) is 31.5 Å². The lowest BCUT2D eigenvalue weighted by Gasteiger charge is -2.27. The lowest BCUT2D eigenvalue weighted by molar-refractivity contribution is -0.117. The van der Waals surface area contributed by atoms with Gasteiger partial charge in [0.25, 0.3) is 5.91 Å². The molecule has 1 aromatic rings. The van der Waals surface area contributed by atoms with E-state index in [2.05, 4.69) is 20.9 Å². The van der Waals surface area contributed by atoms with Gasteiger partial charge in [0.15, 0.2) is 0 Å². The van der Waals surface area contributed by atoms with Crippen LogP contribution in [0.5, 0.6) is 0 Å². The van der Waals surface area contributed by atoms with E-state index >= 15 is 0 Å². The molecule has 8 nitrogen and oxygen atoms in total. The number of anilines is 1. The third-order valence-corrected chi connectivity index (χ3v) is 6.70. The fourth-order valence-corrected chi connectivity index (χ4v) is 4.69. The van der Waals surface area contributed by atoms with Gasteiger partial charge in [0.1, 0.15) is 5.00 Å². The van der Waals surface area contributed by atoms with E-state index in [1.807, 2.05) is 0 Å². The molecular weight excluding hydrogens is 380 g/mol. The lowest BCUT2D eigenvalue weighted by atomic mass is 10.0. The molecule has 152 valence electrons. The zero-order chi connectivity index (χ0) is 19.7. The molecule has 3 aliphatic rings. The van der Waals surface area contributed by atoms with Gasteiger partial charge in [-0.15, -0.1) is 11.3 Å². The summed E-state index contributed by atoms with van der Waals surface area (Å²) in [5, 5.41) is 17.8. The summed E-state index contributed by atoms with van der Waals surface area (Å²) in [6.07, 6.45) is 3.94. The molecule has 2 aliphatic carbocycles. The molecule has 3 amide bonds. The van der Waals surface area contributed by atoms with Crippen molar-refractivity contribution in [3.05, 3.63) is 16.0 Å². The minimum Gasteiger partial charge on any atom is -0.465 e. The highest BCUT2D eigenvalue weighted by Crippen LogP contribution is 2.39. The van der Waals surface area contributed by atoms with Gasteiger partial charge in [-0.1, -0.05) is 0 Å². The number of rotatable bonds is 8. The Morgan fingerprint density at radius 3 is 2.61 bits per heavy atom. The van der Waals surface area contributed by atoms with E-state index in [-0.39, 0.29) is 17.7 Å². The maximum Gasteiger partial charge on any atom is 0.404 e. The van der Waals surface area contributed by atoms with Gasteiger partial charge < -0.3 is 21.1 Å². The molecule has 2 saturated carbocycles. The highest BCUT2D eigenvalue weighted by atomic mass is 32.1. The normalized spacial score (nSPS) is 19.0. The quantitative estimate of drug-likeness (QED) is 0.527. The summed E-state index contributed by atoms with van der Waals surface area (Å²) in [6.45, 7) is 3.04. The van der Waals surface area contributed by atoms with Crippen molar-refractivity contribution in [1.82, 2.24) is 15.5 Å². The van der Waals surface area contributed by atoms with Crippen LogP contribution in [0.4, 0.5) is 9.80 Å². The molecule has 0 spiro atoms. The van der Waals surface area contributed by atoms with Crippen molar-refractivity contribution >= 4 is 34.2 Å². The Hall–Kier alpha value is -2.13. The Labute approximate surface area is 167 Å². The Morgan fingerprint density at radius 1 is 1.14 bits per heavy atom. The fourth-order valence-electron chi connectivity index (χ4n) is 3.49. The standard InChI is InChI=1S/C19H26N4O4S/c24-16(12-3-4-12)22-18-15(17(25)21-9-11-1-2-11)13-10-23(7-5-14(13)28-18)8-6-20-19(26)27/h11-12,20H,1-10H2,(H,21,25)(H,22,24)(H,26,27). The number of carbonyl (C=O) groups excluding carboxylic acids is 2. The third-order valence-electron chi connectivity index (χ3n) is 5.49. The number of carbonyl (C=O) groups is 3. The first-order valence-corrected chi connectivity index (χ1v) is 10.8. The second-order valence-electron chi connectivity index (χ2n) is 7.88. The first kappa shape index (κ1) is 19.2. The first-order chi connectivity index (χ1) is 13.5. The van der Waals surface area contributed by atoms with Crippen LogP contribution in [0, 0.1) is 11.8 Å². The summed E-state index contributed by atoms with van der Waals surface area (Å²) in [4.78, 5) is 39.2. The summed E-state index contributed by atoms with van der Waals surface area (Å²) in [7, 11) is 0. The van der Waals surface area contributed by atoms with Crippen LogP contribution >= 0.6 is 11.3 Å². The van der Waals surface area contributed by atoms with Crippen LogP contribution in [-0.4, -0.2) is 54.1 Å². The molecule has 0 saturated heterocycles. The highest BCUT2D eigenvalue weighted by Gasteiger charge is 2.34. The van der Waals surface area contributed by atoms with E-state index in [9.17, 15) is 14.4 Å². The van der Waals surface area contributed by atoms with Crippen LogP contribution in [0.2, 0.25) is 0 Å². The minimum atomic E-state index is -1.03. The maximum atomic E-state index is 12.9. The monoisotopic (exact) mass is 406 g/mol. The van der Waals surface area contributed by atoms with Gasteiger partial charge in [-0.25, -0.2) is 4.79 Å². The molecule has 4 rings (SSSR count). The summed E-state index contributed by atoms with van der Waals surface area (Å²) < 4.78 is 0. The highest BCUT2D eigenvalue weighted by molar-refractivity contribution is 7.17. The van der Waals surface area contributed by atoms with Crippen molar-refractivity contribution in [1.29, 1.82) is 0 Å². The smallest absolute Gasteiger partial charge is 0.404 e. The number of thiophene rings is 1. The van der Waals surface area contributed by atoms with Crippen molar-refractivity contribution < 1.29 is 19.5 Å². The molecule has 1 aliphatic heterocycles. The molecule has 28 heavy (non-hydrogen) atoms. The van der Waals surface area contributed by atoms with Crippen LogP contribution in [0.15, 0.2) is 0 Å². The second kappa shape index (κ2) is 8.08. The van der Waals surface area contributed by atoms with Gasteiger partial charge >= 0.3 is 6.09 Å². The number of nitrogens with zero attached hydrogens (tertiary/aromatic N) is 1. The Balaban J connectivity index is 1.50. The molecule has 9 heteroatoms. The zero-order valence-corrected chi connectivity index (χ0v) is 16.6. The number of hydrogen-bond donors (Lipinski definition) is 4. The van der Waals surface area contributed by atoms with Crippen LogP contribution in [0.3, 0.4) is 0 Å². The van der Waals surface area contributed by atoms with Gasteiger partial charge in [-0.2, -0.15) is 0 Å². The second-order valence-corrected chi connectivity index (χ2v) is 8.99. The topological polar surface area (TPSA) is 111 Å². The molecular formula is C19H26N4O4S. The summed E-state index contributed by atoms with van der Waals surface area (Å²) in [5.41, 5.74) is 1.58. The van der Waals surface area contributed by atoms with Crippen molar-refractivity contribution in [2.24, 2.45) is 11.8 Å². The van der Waals surface area contributed by atoms with Gasteiger partial charge in [0, 0.05) is 43.5 Å². The predicted molar refractivity (Wildman–Crippen MR) is 106 cm³/mol. The molecule has 1 aromatic heterocycles. The molecule has 0 bridgehead atoms. The van der Waals surface area contributed by atoms with Crippen molar-refractivity contribution in [2.45, 2.75) is 38.6 Å². The fraction of sp³-hybridized carbons (Fsp3) is 0.632. The zero-order valence-electron chi connectivity index (χ0n) is 15.8. The van der Waals surface area contributed by atoms with Crippen LogP contribution in [0.25, 0.3) is 0 Å². The molecule has 2 fully saturated rings. The maximum absolute atomic E-state index is 12.9. The Bertz CT molecular complexity index is 785. The van der Waals surface area contributed by atoms with E-state index in [4.69, 9.17) is 5.11 Å². The molecule has 4 N–H and O–H groups in total. The van der Waals surface area contributed by atoms with E-state index in [1.54, 1.807) is 0 Å². The van der Waals surface area contributed by atoms with Gasteiger partial charge in [-0.05, 0) is 43.6 Å². The van der Waals surface area contributed by atoms with Crippen LogP contribution in [0.1, 0.15) is 46.5 Å². The SMILES string of the molecule is O=C(O)NCCN1CCc2sc(NC(=O)C3CC3)c(C(=O)NCC3CC3)c2C1. The first-order valence-electron chi connectivity index (χ1n) is 9.94. The average molecular weight is 407 g/mol. The largest absolute Gasteiger partial charge is 0.465 e. The van der Waals surface area contributed by atoms with Gasteiger partial charge in [0.2, 0.25) is 5.91 Å². The summed E-state index contributed by atoms with van der Waals surface area (Å²) in [6, 6.07) is 0. The van der Waals surface area contributed by atoms with E-state index in [0.717, 1.165) is 49.1 Å². The number of hydrogen-bond acceptors (Lipinski definition) is 5. The molecule has 0 radical (unpaired) electrons. The summed E-state index contributed by atoms with van der Waals surface area (Å²) in [5.74, 6) is 0.569. The molecule has 0 atom stereocenters. The van der Waals surface area contributed by atoms with Crippen LogP contribution < -0.4 is 16.0 Å². The number of fused-ring (bicyclic) bond motifs is 1. The lowest BCUT2D eigenvalue weighted by Crippen LogP contribution is -2.38. The summed E-state index contributed by atoms with van der Waals surface area (Å²) >= 11 is 1.52. The number of nitrogens with one attached hydrogen (secondary N) is 3. The predicted octanol–water partition coefficient (Wildman–Crippen LogP) is 1.86. The molecule has 0 unspecified atom stereocenters. The van der Waals surface area contributed by atoms with E-state index in [1.165, 1.54) is 11.3 Å². The Kier molecular flexibility index (Phi) is 5.54. The van der Waals surface area contributed by atoms with Crippen LogP contribution in [-0.2, 0) is 17.8 Å². The van der Waals surface area contributed by atoms with Gasteiger partial charge in [0.05, 0.1) is 5.56 Å². The van der Waals surface area contributed by atoms with Gasteiger partial charge in [-0.3, -0.25) is 14.5 Å². The van der Waals surface area contributed by atoms with E-state index in [0.29, 0.717) is 42.7 Å². The van der Waals surface area contributed by atoms with Crippen molar-refractivity contribution in [3.63, 3.8) is 0 Å². The number of amides is 3. The number of carboxylic acid groups (broad SMARTS) is 1. The van der Waals surface area contributed by atoms with E-state index < -0.39 is 6.09 Å². The average Bonchev–Trinajstić information content (AvgIpc) is 3.56. The third kappa shape index (κ3) is 4.64. The molecule has 0 aromatic carbocycles. The Morgan fingerprint density at radius 2 is 1.93 bits per heavy atom. The van der Waals surface area contributed by atoms with Crippen molar-refractivity contribution in [3.8, 4) is 0 Å². The molecule has 2 heterocycles.